The maximum Gasteiger partial charge on any atom is 0.228 e. The van der Waals surface area contributed by atoms with Gasteiger partial charge in [-0.2, -0.15) is 0 Å². The molecule has 0 aliphatic carbocycles. The van der Waals surface area contributed by atoms with E-state index in [1.807, 2.05) is 36.4 Å². The Labute approximate surface area is 120 Å². The van der Waals surface area contributed by atoms with Gasteiger partial charge in [0.05, 0.1) is 6.42 Å². The van der Waals surface area contributed by atoms with Crippen LogP contribution < -0.4 is 5.32 Å². The lowest BCUT2D eigenvalue weighted by Gasteiger charge is -2.06. The van der Waals surface area contributed by atoms with Gasteiger partial charge in [-0.1, -0.05) is 50.2 Å². The first-order valence-corrected chi connectivity index (χ1v) is 7.18. The summed E-state index contributed by atoms with van der Waals surface area (Å²) < 4.78 is 0. The van der Waals surface area contributed by atoms with Gasteiger partial charge in [0.1, 0.15) is 0 Å². The summed E-state index contributed by atoms with van der Waals surface area (Å²) in [5, 5.41) is 2.93. The Bertz CT molecular complexity index is 503. The van der Waals surface area contributed by atoms with Gasteiger partial charge in [0.2, 0.25) is 5.91 Å². The van der Waals surface area contributed by atoms with Crippen LogP contribution in [0.2, 0.25) is 0 Å². The standard InChI is InChI=1S/C18H21NO/c1-3-14-5-7-16(8-6-14)13-18(20)19-17-11-9-15(4-2)10-12-17/h5-12H,3-4,13H2,1-2H3,(H,19,20). The number of rotatable bonds is 5. The molecule has 0 radical (unpaired) electrons. The minimum absolute atomic E-state index is 0.0264. The van der Waals surface area contributed by atoms with Crippen molar-refractivity contribution in [2.24, 2.45) is 0 Å². The maximum atomic E-state index is 12.0. The average molecular weight is 267 g/mol. The van der Waals surface area contributed by atoms with Crippen molar-refractivity contribution in [3.8, 4) is 0 Å². The number of hydrogen-bond donors (Lipinski definition) is 1. The van der Waals surface area contributed by atoms with Crippen LogP contribution in [0.4, 0.5) is 5.69 Å². The molecule has 1 N–H and O–H groups in total. The molecule has 0 aliphatic rings. The van der Waals surface area contributed by atoms with Crippen molar-refractivity contribution in [2.75, 3.05) is 5.32 Å². The number of carbonyl (C=O) groups excluding carboxylic acids is 1. The molecule has 2 nitrogen and oxygen atoms in total. The lowest BCUT2D eigenvalue weighted by Crippen LogP contribution is -2.14. The van der Waals surface area contributed by atoms with Crippen molar-refractivity contribution in [1.29, 1.82) is 0 Å². The van der Waals surface area contributed by atoms with E-state index in [4.69, 9.17) is 0 Å². The average Bonchev–Trinajstić information content (AvgIpc) is 2.49. The van der Waals surface area contributed by atoms with Crippen LogP contribution in [0.3, 0.4) is 0 Å². The summed E-state index contributed by atoms with van der Waals surface area (Å²) in [5.74, 6) is 0.0264. The summed E-state index contributed by atoms with van der Waals surface area (Å²) in [6.45, 7) is 4.25. The molecule has 0 aliphatic heterocycles. The molecule has 0 unspecified atom stereocenters. The normalized spacial score (nSPS) is 10.3. The molecule has 2 aromatic carbocycles. The molecule has 2 aromatic rings. The van der Waals surface area contributed by atoms with Gasteiger partial charge in [0.15, 0.2) is 0 Å². The van der Waals surface area contributed by atoms with Crippen LogP contribution in [0.15, 0.2) is 48.5 Å². The number of anilines is 1. The number of benzene rings is 2. The van der Waals surface area contributed by atoms with E-state index in [2.05, 4.69) is 31.3 Å². The molecule has 0 bridgehead atoms. The summed E-state index contributed by atoms with van der Waals surface area (Å²) in [4.78, 5) is 12.0. The Morgan fingerprint density at radius 3 is 1.75 bits per heavy atom. The van der Waals surface area contributed by atoms with Crippen LogP contribution in [-0.2, 0) is 24.1 Å². The lowest BCUT2D eigenvalue weighted by molar-refractivity contribution is -0.115. The van der Waals surface area contributed by atoms with Gasteiger partial charge in [-0.05, 0) is 41.7 Å². The molecule has 0 aromatic heterocycles. The molecule has 0 spiro atoms. The van der Waals surface area contributed by atoms with Crippen LogP contribution in [-0.4, -0.2) is 5.91 Å². The Kier molecular flexibility index (Phi) is 4.94. The van der Waals surface area contributed by atoms with E-state index in [0.29, 0.717) is 6.42 Å². The van der Waals surface area contributed by atoms with Crippen LogP contribution in [0.5, 0.6) is 0 Å². The van der Waals surface area contributed by atoms with Crippen molar-refractivity contribution in [3.05, 3.63) is 65.2 Å². The molecule has 2 rings (SSSR count). The number of carbonyl (C=O) groups is 1. The van der Waals surface area contributed by atoms with E-state index in [0.717, 1.165) is 24.1 Å². The fourth-order valence-corrected chi connectivity index (χ4v) is 2.11. The number of aryl methyl sites for hydroxylation is 2. The van der Waals surface area contributed by atoms with Gasteiger partial charge in [-0.15, -0.1) is 0 Å². The van der Waals surface area contributed by atoms with Crippen LogP contribution in [0, 0.1) is 0 Å². The summed E-state index contributed by atoms with van der Waals surface area (Å²) >= 11 is 0. The minimum atomic E-state index is 0.0264. The predicted octanol–water partition coefficient (Wildman–Crippen LogP) is 3.99. The first-order chi connectivity index (χ1) is 9.71. The summed E-state index contributed by atoms with van der Waals surface area (Å²) in [7, 11) is 0. The van der Waals surface area contributed by atoms with Gasteiger partial charge < -0.3 is 5.32 Å². The lowest BCUT2D eigenvalue weighted by atomic mass is 10.1. The molecule has 0 atom stereocenters. The zero-order valence-corrected chi connectivity index (χ0v) is 12.1. The molecule has 0 fully saturated rings. The molecule has 104 valence electrons. The summed E-state index contributed by atoms with van der Waals surface area (Å²) in [5.41, 5.74) is 4.48. The van der Waals surface area contributed by atoms with Gasteiger partial charge in [0.25, 0.3) is 0 Å². The summed E-state index contributed by atoms with van der Waals surface area (Å²) in [6, 6.07) is 16.2. The van der Waals surface area contributed by atoms with Crippen molar-refractivity contribution >= 4 is 11.6 Å². The van der Waals surface area contributed by atoms with Crippen LogP contribution in [0.1, 0.15) is 30.5 Å². The molecule has 20 heavy (non-hydrogen) atoms. The van der Waals surface area contributed by atoms with Gasteiger partial charge in [-0.25, -0.2) is 0 Å². The minimum Gasteiger partial charge on any atom is -0.326 e. The number of hydrogen-bond acceptors (Lipinski definition) is 1. The van der Waals surface area contributed by atoms with Crippen molar-refractivity contribution in [1.82, 2.24) is 0 Å². The SMILES string of the molecule is CCc1ccc(CC(=O)Nc2ccc(CC)cc2)cc1. The highest BCUT2D eigenvalue weighted by atomic mass is 16.1. The van der Waals surface area contributed by atoms with E-state index >= 15 is 0 Å². The second-order valence-corrected chi connectivity index (χ2v) is 4.95. The van der Waals surface area contributed by atoms with E-state index in [9.17, 15) is 4.79 Å². The molecular formula is C18H21NO. The largest absolute Gasteiger partial charge is 0.326 e. The maximum absolute atomic E-state index is 12.0. The molecule has 2 heteroatoms. The van der Waals surface area contributed by atoms with Gasteiger partial charge in [0, 0.05) is 5.69 Å². The molecule has 1 amide bonds. The molecule has 0 saturated carbocycles. The molecule has 0 saturated heterocycles. The van der Waals surface area contributed by atoms with Crippen LogP contribution >= 0.6 is 0 Å². The fraction of sp³-hybridized carbons (Fsp3) is 0.278. The zero-order valence-electron chi connectivity index (χ0n) is 12.1. The first-order valence-electron chi connectivity index (χ1n) is 7.18. The highest BCUT2D eigenvalue weighted by Gasteiger charge is 2.04. The summed E-state index contributed by atoms with van der Waals surface area (Å²) in [6.07, 6.45) is 2.45. The molecular weight excluding hydrogens is 246 g/mol. The number of amides is 1. The first kappa shape index (κ1) is 14.3. The Morgan fingerprint density at radius 1 is 0.800 bits per heavy atom. The van der Waals surface area contributed by atoms with E-state index in [1.165, 1.54) is 11.1 Å². The highest BCUT2D eigenvalue weighted by Crippen LogP contribution is 2.11. The third-order valence-electron chi connectivity index (χ3n) is 3.44. The van der Waals surface area contributed by atoms with E-state index < -0.39 is 0 Å². The molecule has 0 heterocycles. The van der Waals surface area contributed by atoms with Crippen LogP contribution in [0.25, 0.3) is 0 Å². The van der Waals surface area contributed by atoms with Crippen molar-refractivity contribution < 1.29 is 4.79 Å². The Balaban J connectivity index is 1.93. The second-order valence-electron chi connectivity index (χ2n) is 4.95. The smallest absolute Gasteiger partial charge is 0.228 e. The second kappa shape index (κ2) is 6.90. The third kappa shape index (κ3) is 3.95. The van der Waals surface area contributed by atoms with Gasteiger partial charge >= 0.3 is 0 Å². The fourth-order valence-electron chi connectivity index (χ4n) is 2.11. The Morgan fingerprint density at radius 2 is 1.25 bits per heavy atom. The van der Waals surface area contributed by atoms with E-state index in [1.54, 1.807) is 0 Å². The number of nitrogens with one attached hydrogen (secondary N) is 1. The van der Waals surface area contributed by atoms with E-state index in [-0.39, 0.29) is 5.91 Å². The van der Waals surface area contributed by atoms with Crippen molar-refractivity contribution in [3.63, 3.8) is 0 Å². The topological polar surface area (TPSA) is 29.1 Å². The monoisotopic (exact) mass is 267 g/mol. The predicted molar refractivity (Wildman–Crippen MR) is 84.0 cm³/mol. The Hall–Kier alpha value is -2.09. The zero-order chi connectivity index (χ0) is 14.4. The quantitative estimate of drug-likeness (QED) is 0.872. The van der Waals surface area contributed by atoms with Gasteiger partial charge in [-0.3, -0.25) is 4.79 Å². The third-order valence-corrected chi connectivity index (χ3v) is 3.44. The highest BCUT2D eigenvalue weighted by molar-refractivity contribution is 5.92. The van der Waals surface area contributed by atoms with Crippen molar-refractivity contribution in [2.45, 2.75) is 33.1 Å².